The normalized spacial score (nSPS) is 29.8. The number of amidine groups is 1. The van der Waals surface area contributed by atoms with E-state index in [4.69, 9.17) is 9.73 Å². The average molecular weight is 318 g/mol. The highest BCUT2D eigenvalue weighted by atomic mass is 16.5. The van der Waals surface area contributed by atoms with Gasteiger partial charge in [0.05, 0.1) is 18.4 Å². The molecule has 2 unspecified atom stereocenters. The summed E-state index contributed by atoms with van der Waals surface area (Å²) in [4.78, 5) is 36.3. The van der Waals surface area contributed by atoms with Crippen molar-refractivity contribution in [2.45, 2.75) is 32.3 Å². The van der Waals surface area contributed by atoms with E-state index in [9.17, 15) is 9.59 Å². The minimum absolute atomic E-state index is 0.124. The lowest BCUT2D eigenvalue weighted by molar-refractivity contribution is -0.128. The van der Waals surface area contributed by atoms with Gasteiger partial charge in [-0.3, -0.25) is 19.6 Å². The number of carbonyl (C=O) groups excluding carboxylic acids is 2. The van der Waals surface area contributed by atoms with Gasteiger partial charge in [0.1, 0.15) is 11.8 Å². The number of hydrogen-bond donors (Lipinski definition) is 0. The fourth-order valence-electron chi connectivity index (χ4n) is 3.16. The summed E-state index contributed by atoms with van der Waals surface area (Å²) in [7, 11) is 3.14. The van der Waals surface area contributed by atoms with E-state index in [0.29, 0.717) is 12.4 Å². The van der Waals surface area contributed by atoms with Gasteiger partial charge < -0.3 is 4.74 Å². The molecule has 3 rings (SSSR count). The van der Waals surface area contributed by atoms with Gasteiger partial charge in [-0.25, -0.2) is 9.79 Å². The molecular weight excluding hydrogens is 296 g/mol. The first kappa shape index (κ1) is 15.9. The second kappa shape index (κ2) is 6.23. The number of aliphatic imine (C=N–C) groups is 2. The van der Waals surface area contributed by atoms with Crippen LogP contribution in [0.3, 0.4) is 0 Å². The first-order valence-electron chi connectivity index (χ1n) is 8.02. The third-order valence-electron chi connectivity index (χ3n) is 4.58. The molecule has 0 spiro atoms. The summed E-state index contributed by atoms with van der Waals surface area (Å²) in [6.07, 6.45) is 4.65. The molecule has 3 aliphatic heterocycles. The Balaban J connectivity index is 1.94. The zero-order valence-electron chi connectivity index (χ0n) is 13.8. The lowest BCUT2D eigenvalue weighted by Gasteiger charge is -2.38. The molecule has 0 aromatic carbocycles. The van der Waals surface area contributed by atoms with Crippen LogP contribution in [0.1, 0.15) is 26.2 Å². The highest BCUT2D eigenvalue weighted by Crippen LogP contribution is 2.27. The standard InChI is InChI=1S/C16H22N4O3/c1-4-10-8-18-14-12(15(21)20(3)16(22)19(14)2)13(10)17-9-11-6-5-7-23-11/h8,11-12H,4-7,9H2,1-3H3. The summed E-state index contributed by atoms with van der Waals surface area (Å²) >= 11 is 0. The van der Waals surface area contributed by atoms with Gasteiger partial charge in [-0.1, -0.05) is 6.92 Å². The van der Waals surface area contributed by atoms with Gasteiger partial charge in [-0.05, 0) is 24.8 Å². The van der Waals surface area contributed by atoms with Gasteiger partial charge in [-0.2, -0.15) is 0 Å². The second-order valence-corrected chi connectivity index (χ2v) is 6.03. The molecule has 3 amide bonds. The predicted molar refractivity (Wildman–Crippen MR) is 86.5 cm³/mol. The lowest BCUT2D eigenvalue weighted by atomic mass is 9.89. The second-order valence-electron chi connectivity index (χ2n) is 6.03. The quantitative estimate of drug-likeness (QED) is 0.790. The molecule has 2 fully saturated rings. The Morgan fingerprint density at radius 1 is 1.35 bits per heavy atom. The summed E-state index contributed by atoms with van der Waals surface area (Å²) < 4.78 is 5.62. The van der Waals surface area contributed by atoms with Crippen LogP contribution in [0, 0.1) is 5.92 Å². The lowest BCUT2D eigenvalue weighted by Crippen LogP contribution is -2.59. The van der Waals surface area contributed by atoms with Crippen LogP contribution in [0.25, 0.3) is 0 Å². The third kappa shape index (κ3) is 2.69. The third-order valence-corrected chi connectivity index (χ3v) is 4.58. The van der Waals surface area contributed by atoms with E-state index in [-0.39, 0.29) is 18.0 Å². The maximum atomic E-state index is 12.6. The molecule has 0 bridgehead atoms. The Morgan fingerprint density at radius 3 is 2.78 bits per heavy atom. The zero-order chi connectivity index (χ0) is 16.6. The predicted octanol–water partition coefficient (Wildman–Crippen LogP) is 1.45. The molecule has 2 atom stereocenters. The summed E-state index contributed by atoms with van der Waals surface area (Å²) in [5, 5.41) is 0. The number of imide groups is 1. The van der Waals surface area contributed by atoms with Crippen LogP contribution in [0.4, 0.5) is 4.79 Å². The van der Waals surface area contributed by atoms with Crippen molar-refractivity contribution in [1.29, 1.82) is 0 Å². The number of ether oxygens (including phenoxy) is 1. The van der Waals surface area contributed by atoms with E-state index in [0.717, 1.165) is 42.1 Å². The molecule has 0 N–H and O–H groups in total. The number of allylic oxidation sites excluding steroid dienone is 1. The summed E-state index contributed by atoms with van der Waals surface area (Å²) in [6.45, 7) is 3.34. The monoisotopic (exact) mass is 318 g/mol. The number of fused-ring (bicyclic) bond motifs is 1. The van der Waals surface area contributed by atoms with Gasteiger partial charge in [0.25, 0.3) is 0 Å². The van der Waals surface area contributed by atoms with Crippen LogP contribution in [-0.4, -0.2) is 66.6 Å². The Hall–Kier alpha value is -2.02. The molecule has 7 heteroatoms. The molecule has 3 aliphatic rings. The molecule has 23 heavy (non-hydrogen) atoms. The van der Waals surface area contributed by atoms with Gasteiger partial charge in [0.2, 0.25) is 5.91 Å². The molecule has 0 aliphatic carbocycles. The van der Waals surface area contributed by atoms with E-state index in [1.165, 1.54) is 11.9 Å². The fourth-order valence-corrected chi connectivity index (χ4v) is 3.16. The molecular formula is C16H22N4O3. The van der Waals surface area contributed by atoms with Gasteiger partial charge >= 0.3 is 6.03 Å². The molecule has 7 nitrogen and oxygen atoms in total. The largest absolute Gasteiger partial charge is 0.376 e. The van der Waals surface area contributed by atoms with Gasteiger partial charge in [0.15, 0.2) is 0 Å². The molecule has 0 radical (unpaired) electrons. The van der Waals surface area contributed by atoms with Crippen molar-refractivity contribution < 1.29 is 14.3 Å². The molecule has 3 heterocycles. The Morgan fingerprint density at radius 2 is 2.13 bits per heavy atom. The Kier molecular flexibility index (Phi) is 4.30. The van der Waals surface area contributed by atoms with Crippen LogP contribution in [0.2, 0.25) is 0 Å². The fraction of sp³-hybridized carbons (Fsp3) is 0.625. The van der Waals surface area contributed by atoms with Crippen molar-refractivity contribution >= 4 is 23.5 Å². The maximum Gasteiger partial charge on any atom is 0.331 e. The van der Waals surface area contributed by atoms with Crippen LogP contribution in [0.15, 0.2) is 21.8 Å². The summed E-state index contributed by atoms with van der Waals surface area (Å²) in [5.74, 6) is -0.401. The SMILES string of the molecule is CCC1=CN=C2C(C(=O)N(C)C(=O)N2C)C1=NCC1CCCO1. The average Bonchev–Trinajstić information content (AvgIpc) is 3.08. The number of amides is 3. The van der Waals surface area contributed by atoms with E-state index in [2.05, 4.69) is 4.99 Å². The maximum absolute atomic E-state index is 12.6. The van der Waals surface area contributed by atoms with E-state index >= 15 is 0 Å². The van der Waals surface area contributed by atoms with Crippen molar-refractivity contribution in [3.63, 3.8) is 0 Å². The molecule has 0 saturated carbocycles. The number of rotatable bonds is 3. The zero-order valence-corrected chi connectivity index (χ0v) is 13.8. The van der Waals surface area contributed by atoms with E-state index in [1.807, 2.05) is 6.92 Å². The van der Waals surface area contributed by atoms with Crippen molar-refractivity contribution in [3.8, 4) is 0 Å². The van der Waals surface area contributed by atoms with Crippen LogP contribution in [-0.2, 0) is 9.53 Å². The first-order chi connectivity index (χ1) is 11.0. The first-order valence-corrected chi connectivity index (χ1v) is 8.02. The Labute approximate surface area is 135 Å². The van der Waals surface area contributed by atoms with Gasteiger partial charge in [0, 0.05) is 26.9 Å². The van der Waals surface area contributed by atoms with Crippen molar-refractivity contribution in [2.24, 2.45) is 15.9 Å². The summed E-state index contributed by atoms with van der Waals surface area (Å²) in [5.41, 5.74) is 1.67. The van der Waals surface area contributed by atoms with E-state index < -0.39 is 5.92 Å². The number of urea groups is 1. The molecule has 0 aromatic rings. The topological polar surface area (TPSA) is 74.6 Å². The molecule has 2 saturated heterocycles. The van der Waals surface area contributed by atoms with Crippen LogP contribution in [0.5, 0.6) is 0 Å². The number of hydrogen-bond acceptors (Lipinski definition) is 5. The minimum Gasteiger partial charge on any atom is -0.376 e. The molecule has 124 valence electrons. The van der Waals surface area contributed by atoms with Crippen molar-refractivity contribution in [2.75, 3.05) is 27.2 Å². The Bertz CT molecular complexity index is 617. The highest BCUT2D eigenvalue weighted by Gasteiger charge is 2.45. The van der Waals surface area contributed by atoms with Crippen LogP contribution >= 0.6 is 0 Å². The van der Waals surface area contributed by atoms with Crippen molar-refractivity contribution in [3.05, 3.63) is 11.8 Å². The van der Waals surface area contributed by atoms with Gasteiger partial charge in [-0.15, -0.1) is 0 Å². The van der Waals surface area contributed by atoms with Crippen LogP contribution < -0.4 is 0 Å². The van der Waals surface area contributed by atoms with Crippen molar-refractivity contribution in [1.82, 2.24) is 9.80 Å². The number of carbonyl (C=O) groups is 2. The van der Waals surface area contributed by atoms with E-state index in [1.54, 1.807) is 13.2 Å². The minimum atomic E-state index is -0.593. The smallest absolute Gasteiger partial charge is 0.331 e. The molecule has 0 aromatic heterocycles. The number of nitrogens with zero attached hydrogens (tertiary/aromatic N) is 4. The highest BCUT2D eigenvalue weighted by molar-refractivity contribution is 6.33. The summed E-state index contributed by atoms with van der Waals surface area (Å²) in [6, 6.07) is -0.364.